The van der Waals surface area contributed by atoms with E-state index in [4.69, 9.17) is 9.47 Å². The Morgan fingerprint density at radius 1 is 0.679 bits per heavy atom. The zero-order valence-electron chi connectivity index (χ0n) is 16.6. The molecule has 4 heteroatoms. The number of carbonyl (C=O) groups is 2. The molecule has 2 aliphatic rings. The lowest BCUT2D eigenvalue weighted by Gasteiger charge is -2.08. The molecule has 0 N–H and O–H groups in total. The fourth-order valence-electron chi connectivity index (χ4n) is 3.65. The van der Waals surface area contributed by atoms with Gasteiger partial charge < -0.3 is 9.47 Å². The zero-order valence-corrected chi connectivity index (χ0v) is 16.6. The summed E-state index contributed by atoms with van der Waals surface area (Å²) in [5.74, 6) is -0.330. The Morgan fingerprint density at radius 2 is 1.07 bits per heavy atom. The van der Waals surface area contributed by atoms with E-state index in [0.717, 1.165) is 60.8 Å². The molecule has 28 heavy (non-hydrogen) atoms. The predicted octanol–water partition coefficient (Wildman–Crippen LogP) is 6.18. The third kappa shape index (κ3) is 4.44. The zero-order chi connectivity index (χ0) is 19.9. The van der Waals surface area contributed by atoms with Crippen LogP contribution in [-0.4, -0.2) is 11.9 Å². The van der Waals surface area contributed by atoms with Crippen molar-refractivity contribution < 1.29 is 19.1 Å². The Balaban J connectivity index is 0.000000161. The number of carbonyl (C=O) groups excluding carboxylic acids is 2. The number of ether oxygens (including phenoxy) is 2. The first-order valence-electron chi connectivity index (χ1n) is 10.3. The second kappa shape index (κ2) is 9.54. The van der Waals surface area contributed by atoms with Crippen LogP contribution < -0.4 is 0 Å². The lowest BCUT2D eigenvalue weighted by molar-refractivity contribution is 0.0355. The summed E-state index contributed by atoms with van der Waals surface area (Å²) in [4.78, 5) is 22.8. The Hall–Kier alpha value is -2.62. The van der Waals surface area contributed by atoms with Gasteiger partial charge in [0.25, 0.3) is 0 Å². The van der Waals surface area contributed by atoms with Crippen LogP contribution >= 0.6 is 0 Å². The molecule has 2 heterocycles. The molecule has 0 bridgehead atoms. The summed E-state index contributed by atoms with van der Waals surface area (Å²) in [6, 6.07) is 15.3. The van der Waals surface area contributed by atoms with Gasteiger partial charge in [-0.3, -0.25) is 0 Å². The second-order valence-corrected chi connectivity index (χ2v) is 7.25. The standard InChI is InChI=1S/2C12H14O2/c2*1-2-3-8-11-9-6-4-5-7-10(9)12(13)14-11/h2*4-7,11H,2-3,8H2,1H3/t11-;/m0./s1. The van der Waals surface area contributed by atoms with Gasteiger partial charge in [0.05, 0.1) is 11.1 Å². The van der Waals surface area contributed by atoms with E-state index in [-0.39, 0.29) is 24.1 Å². The molecule has 148 valence electrons. The third-order valence-electron chi connectivity index (χ3n) is 5.19. The van der Waals surface area contributed by atoms with E-state index in [9.17, 15) is 9.59 Å². The third-order valence-corrected chi connectivity index (χ3v) is 5.19. The SMILES string of the molecule is CCCCC1OC(=O)c2ccccc21.CCCC[C@@H]1OC(=O)c2ccccc21. The molecule has 1 unspecified atom stereocenters. The van der Waals surface area contributed by atoms with Crippen molar-refractivity contribution in [2.24, 2.45) is 0 Å². The molecule has 0 aromatic heterocycles. The van der Waals surface area contributed by atoms with Crippen molar-refractivity contribution in [1.82, 2.24) is 0 Å². The van der Waals surface area contributed by atoms with E-state index >= 15 is 0 Å². The van der Waals surface area contributed by atoms with Crippen molar-refractivity contribution in [1.29, 1.82) is 0 Å². The molecule has 0 saturated heterocycles. The van der Waals surface area contributed by atoms with Crippen LogP contribution in [0, 0.1) is 0 Å². The quantitative estimate of drug-likeness (QED) is 0.562. The normalized spacial score (nSPS) is 19.2. The minimum atomic E-state index is -0.165. The Bertz CT molecular complexity index is 757. The van der Waals surface area contributed by atoms with E-state index in [1.54, 1.807) is 0 Å². The van der Waals surface area contributed by atoms with Crippen molar-refractivity contribution in [3.8, 4) is 0 Å². The van der Waals surface area contributed by atoms with Crippen LogP contribution in [0.1, 0.15) is 96.4 Å². The average Bonchev–Trinajstić information content (AvgIpc) is 3.23. The monoisotopic (exact) mass is 380 g/mol. The maximum absolute atomic E-state index is 11.4. The molecule has 0 saturated carbocycles. The molecule has 2 aromatic carbocycles. The largest absolute Gasteiger partial charge is 0.454 e. The maximum Gasteiger partial charge on any atom is 0.339 e. The highest BCUT2D eigenvalue weighted by atomic mass is 16.6. The minimum Gasteiger partial charge on any atom is -0.454 e. The maximum atomic E-state index is 11.4. The predicted molar refractivity (Wildman–Crippen MR) is 108 cm³/mol. The average molecular weight is 380 g/mol. The van der Waals surface area contributed by atoms with Crippen LogP contribution in [-0.2, 0) is 9.47 Å². The van der Waals surface area contributed by atoms with E-state index in [1.165, 1.54) is 0 Å². The van der Waals surface area contributed by atoms with Gasteiger partial charge in [0, 0.05) is 11.1 Å². The molecule has 2 atom stereocenters. The summed E-state index contributed by atoms with van der Waals surface area (Å²) in [6.45, 7) is 4.28. The molecule has 0 amide bonds. The van der Waals surface area contributed by atoms with E-state index in [0.29, 0.717) is 0 Å². The van der Waals surface area contributed by atoms with Crippen LogP contribution in [0.15, 0.2) is 48.5 Å². The summed E-state index contributed by atoms with van der Waals surface area (Å²) in [5.41, 5.74) is 3.61. The lowest BCUT2D eigenvalue weighted by atomic mass is 10.0. The molecular weight excluding hydrogens is 352 g/mol. The van der Waals surface area contributed by atoms with Crippen LogP contribution in [0.5, 0.6) is 0 Å². The Morgan fingerprint density at radius 3 is 1.46 bits per heavy atom. The molecule has 0 radical (unpaired) electrons. The number of rotatable bonds is 6. The topological polar surface area (TPSA) is 52.6 Å². The van der Waals surface area contributed by atoms with Gasteiger partial charge in [-0.15, -0.1) is 0 Å². The molecule has 0 aliphatic carbocycles. The molecular formula is C24H28O4. The molecule has 2 aromatic rings. The van der Waals surface area contributed by atoms with Gasteiger partial charge in [-0.2, -0.15) is 0 Å². The fourth-order valence-corrected chi connectivity index (χ4v) is 3.65. The number of cyclic esters (lactones) is 2. The van der Waals surface area contributed by atoms with Gasteiger partial charge in [-0.25, -0.2) is 9.59 Å². The number of hydrogen-bond donors (Lipinski definition) is 0. The van der Waals surface area contributed by atoms with Crippen molar-refractivity contribution in [3.63, 3.8) is 0 Å². The highest BCUT2D eigenvalue weighted by molar-refractivity contribution is 5.94. The van der Waals surface area contributed by atoms with Crippen LogP contribution in [0.25, 0.3) is 0 Å². The summed E-state index contributed by atoms with van der Waals surface area (Å²) >= 11 is 0. The molecule has 4 rings (SSSR count). The fraction of sp³-hybridized carbons (Fsp3) is 0.417. The highest BCUT2D eigenvalue weighted by Crippen LogP contribution is 2.34. The van der Waals surface area contributed by atoms with Crippen LogP contribution in [0.3, 0.4) is 0 Å². The van der Waals surface area contributed by atoms with Gasteiger partial charge >= 0.3 is 11.9 Å². The van der Waals surface area contributed by atoms with Gasteiger partial charge in [0.2, 0.25) is 0 Å². The van der Waals surface area contributed by atoms with Crippen LogP contribution in [0.4, 0.5) is 0 Å². The molecule has 0 spiro atoms. The van der Waals surface area contributed by atoms with E-state index < -0.39 is 0 Å². The highest BCUT2D eigenvalue weighted by Gasteiger charge is 2.30. The number of fused-ring (bicyclic) bond motifs is 2. The first-order valence-corrected chi connectivity index (χ1v) is 10.3. The smallest absolute Gasteiger partial charge is 0.339 e. The first-order chi connectivity index (χ1) is 13.7. The van der Waals surface area contributed by atoms with E-state index in [1.807, 2.05) is 48.5 Å². The van der Waals surface area contributed by atoms with E-state index in [2.05, 4.69) is 13.8 Å². The van der Waals surface area contributed by atoms with Gasteiger partial charge in [0.15, 0.2) is 0 Å². The minimum absolute atomic E-state index is 0.00125. The lowest BCUT2D eigenvalue weighted by Crippen LogP contribution is -1.98. The Kier molecular flexibility index (Phi) is 6.85. The number of hydrogen-bond acceptors (Lipinski definition) is 4. The van der Waals surface area contributed by atoms with Gasteiger partial charge in [-0.1, -0.05) is 63.1 Å². The number of unbranched alkanes of at least 4 members (excludes halogenated alkanes) is 2. The first kappa shape index (κ1) is 20.1. The molecule has 0 fully saturated rings. The second-order valence-electron chi connectivity index (χ2n) is 7.25. The number of benzene rings is 2. The summed E-state index contributed by atoms with van der Waals surface area (Å²) in [6.07, 6.45) is 6.36. The van der Waals surface area contributed by atoms with Crippen molar-refractivity contribution in [2.75, 3.05) is 0 Å². The summed E-state index contributed by atoms with van der Waals surface area (Å²) in [7, 11) is 0. The summed E-state index contributed by atoms with van der Waals surface area (Å²) < 4.78 is 10.6. The van der Waals surface area contributed by atoms with Gasteiger partial charge in [0.1, 0.15) is 12.2 Å². The van der Waals surface area contributed by atoms with Crippen molar-refractivity contribution in [3.05, 3.63) is 70.8 Å². The van der Waals surface area contributed by atoms with Crippen molar-refractivity contribution >= 4 is 11.9 Å². The summed E-state index contributed by atoms with van der Waals surface area (Å²) in [5, 5.41) is 0. The number of esters is 2. The Labute approximate surface area is 166 Å². The van der Waals surface area contributed by atoms with Gasteiger partial charge in [-0.05, 0) is 37.8 Å². The van der Waals surface area contributed by atoms with Crippen molar-refractivity contribution in [2.45, 2.75) is 64.6 Å². The molecule has 4 nitrogen and oxygen atoms in total. The molecule has 2 aliphatic heterocycles. The van der Waals surface area contributed by atoms with Crippen LogP contribution in [0.2, 0.25) is 0 Å².